The van der Waals surface area contributed by atoms with Crippen LogP contribution in [-0.4, -0.2) is 20.7 Å². The van der Waals surface area contributed by atoms with E-state index in [2.05, 4.69) is 5.32 Å². The van der Waals surface area contributed by atoms with Crippen molar-refractivity contribution in [2.45, 2.75) is 6.42 Å². The monoisotopic (exact) mass is 346 g/mol. The summed E-state index contributed by atoms with van der Waals surface area (Å²) >= 11 is 0. The van der Waals surface area contributed by atoms with E-state index in [0.29, 0.717) is 0 Å². The first-order valence-corrected chi connectivity index (χ1v) is 6.74. The molecule has 0 aliphatic heterocycles. The maximum atomic E-state index is 12.0. The smallest absolute Gasteiger partial charge is 0.279 e. The van der Waals surface area contributed by atoms with Gasteiger partial charge in [-0.1, -0.05) is 6.07 Å². The van der Waals surface area contributed by atoms with Crippen molar-refractivity contribution in [1.82, 2.24) is 0 Å². The molecule has 2 aromatic carbocycles. The maximum Gasteiger partial charge on any atom is 0.279 e. The second-order valence-electron chi connectivity index (χ2n) is 4.86. The van der Waals surface area contributed by atoms with Gasteiger partial charge in [-0.3, -0.25) is 35.1 Å². The van der Waals surface area contributed by atoms with Crippen molar-refractivity contribution in [3.8, 4) is 0 Å². The number of benzene rings is 2. The molecule has 128 valence electrons. The van der Waals surface area contributed by atoms with E-state index in [4.69, 9.17) is 0 Å². The van der Waals surface area contributed by atoms with Crippen LogP contribution in [0.3, 0.4) is 0 Å². The number of carbonyl (C=O) groups excluding carboxylic acids is 1. The van der Waals surface area contributed by atoms with Crippen LogP contribution in [0.4, 0.5) is 22.7 Å². The molecule has 0 aliphatic carbocycles. The highest BCUT2D eigenvalue weighted by molar-refractivity contribution is 5.93. The number of non-ortho nitro benzene ring substituents is 2. The van der Waals surface area contributed by atoms with E-state index in [1.807, 2.05) is 0 Å². The molecule has 0 aliphatic rings. The summed E-state index contributed by atoms with van der Waals surface area (Å²) in [5.41, 5.74) is -1.10. The van der Waals surface area contributed by atoms with Gasteiger partial charge in [0, 0.05) is 29.4 Å². The zero-order chi connectivity index (χ0) is 18.6. The van der Waals surface area contributed by atoms with Gasteiger partial charge in [-0.05, 0) is 12.1 Å². The van der Waals surface area contributed by atoms with Crippen molar-refractivity contribution in [3.05, 3.63) is 78.4 Å². The van der Waals surface area contributed by atoms with Crippen molar-refractivity contribution in [1.29, 1.82) is 0 Å². The minimum Gasteiger partial charge on any atom is -0.326 e. The van der Waals surface area contributed by atoms with Crippen LogP contribution in [0.2, 0.25) is 0 Å². The second-order valence-corrected chi connectivity index (χ2v) is 4.86. The Labute approximate surface area is 139 Å². The number of nitro groups is 3. The first-order valence-electron chi connectivity index (χ1n) is 6.74. The van der Waals surface area contributed by atoms with E-state index in [0.717, 1.165) is 24.3 Å². The Morgan fingerprint density at radius 1 is 0.880 bits per heavy atom. The van der Waals surface area contributed by atoms with Gasteiger partial charge in [0.15, 0.2) is 0 Å². The molecule has 25 heavy (non-hydrogen) atoms. The number of hydrogen-bond donors (Lipinski definition) is 1. The highest BCUT2D eigenvalue weighted by Crippen LogP contribution is 2.25. The molecule has 0 spiro atoms. The lowest BCUT2D eigenvalue weighted by Gasteiger charge is -2.06. The molecular weight excluding hydrogens is 336 g/mol. The van der Waals surface area contributed by atoms with E-state index in [-0.39, 0.29) is 16.9 Å². The number of nitrogens with zero attached hydrogens (tertiary/aromatic N) is 3. The summed E-state index contributed by atoms with van der Waals surface area (Å²) in [5.74, 6) is -0.655. The molecule has 1 amide bonds. The third-order valence-corrected chi connectivity index (χ3v) is 3.17. The molecule has 0 bridgehead atoms. The lowest BCUT2D eigenvalue weighted by Crippen LogP contribution is -2.15. The van der Waals surface area contributed by atoms with Gasteiger partial charge < -0.3 is 5.32 Å². The lowest BCUT2D eigenvalue weighted by atomic mass is 10.1. The lowest BCUT2D eigenvalue weighted by molar-refractivity contribution is -0.394. The quantitative estimate of drug-likeness (QED) is 0.621. The second kappa shape index (κ2) is 7.12. The largest absolute Gasteiger partial charge is 0.326 e. The predicted molar refractivity (Wildman–Crippen MR) is 85.2 cm³/mol. The van der Waals surface area contributed by atoms with Gasteiger partial charge in [0.1, 0.15) is 0 Å². The van der Waals surface area contributed by atoms with Gasteiger partial charge >= 0.3 is 0 Å². The first-order chi connectivity index (χ1) is 11.8. The van der Waals surface area contributed by atoms with Crippen LogP contribution in [0.25, 0.3) is 0 Å². The Kier molecular flexibility index (Phi) is 4.98. The average Bonchev–Trinajstić information content (AvgIpc) is 2.54. The number of nitrogens with one attached hydrogen (secondary N) is 1. The molecule has 11 nitrogen and oxygen atoms in total. The Hall–Kier alpha value is -3.89. The topological polar surface area (TPSA) is 159 Å². The van der Waals surface area contributed by atoms with Gasteiger partial charge in [0.25, 0.3) is 17.1 Å². The number of hydrogen-bond acceptors (Lipinski definition) is 7. The minimum absolute atomic E-state index is 0.0152. The number of amides is 1. The molecule has 1 N–H and O–H groups in total. The van der Waals surface area contributed by atoms with Gasteiger partial charge in [-0.15, -0.1) is 0 Å². The van der Waals surface area contributed by atoms with E-state index in [9.17, 15) is 35.1 Å². The van der Waals surface area contributed by atoms with Gasteiger partial charge in [-0.2, -0.15) is 0 Å². The Morgan fingerprint density at radius 3 is 2.12 bits per heavy atom. The molecule has 0 heterocycles. The molecule has 0 atom stereocenters. The zero-order valence-corrected chi connectivity index (χ0v) is 12.4. The maximum absolute atomic E-state index is 12.0. The molecule has 0 fully saturated rings. The summed E-state index contributed by atoms with van der Waals surface area (Å²) < 4.78 is 0. The Morgan fingerprint density at radius 2 is 1.52 bits per heavy atom. The van der Waals surface area contributed by atoms with Crippen LogP contribution in [0.1, 0.15) is 5.56 Å². The summed E-state index contributed by atoms with van der Waals surface area (Å²) in [5, 5.41) is 34.8. The fraction of sp³-hybridized carbons (Fsp3) is 0.0714. The van der Waals surface area contributed by atoms with Crippen LogP contribution in [0, 0.1) is 30.3 Å². The fourth-order valence-electron chi connectivity index (χ4n) is 2.06. The summed E-state index contributed by atoms with van der Waals surface area (Å²) in [6, 6.07) is 8.15. The normalized spacial score (nSPS) is 10.1. The standard InChI is InChI=1S/C14H10N4O7/c19-14(15-10-2-1-3-11(7-10)16(20)21)6-9-4-5-12(17(22)23)8-13(9)18(24)25/h1-5,7-8H,6H2,(H,15,19). The van der Waals surface area contributed by atoms with Crippen molar-refractivity contribution < 1.29 is 19.6 Å². The van der Waals surface area contributed by atoms with Gasteiger partial charge in [0.2, 0.25) is 5.91 Å². The van der Waals surface area contributed by atoms with Gasteiger partial charge in [0.05, 0.1) is 27.3 Å². The Bertz CT molecular complexity index is 881. The van der Waals surface area contributed by atoms with Crippen molar-refractivity contribution in [3.63, 3.8) is 0 Å². The molecule has 0 saturated carbocycles. The molecular formula is C14H10N4O7. The van der Waals surface area contributed by atoms with Crippen LogP contribution in [-0.2, 0) is 11.2 Å². The predicted octanol–water partition coefficient (Wildman–Crippen LogP) is 2.59. The molecule has 2 aromatic rings. The summed E-state index contributed by atoms with van der Waals surface area (Å²) in [6.07, 6.45) is -0.420. The minimum atomic E-state index is -0.816. The molecule has 0 radical (unpaired) electrons. The zero-order valence-electron chi connectivity index (χ0n) is 12.4. The van der Waals surface area contributed by atoms with E-state index >= 15 is 0 Å². The van der Waals surface area contributed by atoms with E-state index in [1.165, 1.54) is 18.2 Å². The Balaban J connectivity index is 2.20. The van der Waals surface area contributed by atoms with Crippen LogP contribution < -0.4 is 5.32 Å². The van der Waals surface area contributed by atoms with Crippen LogP contribution in [0.15, 0.2) is 42.5 Å². The van der Waals surface area contributed by atoms with Gasteiger partial charge in [-0.25, -0.2) is 0 Å². The van der Waals surface area contributed by atoms with Crippen molar-refractivity contribution in [2.75, 3.05) is 5.32 Å². The van der Waals surface area contributed by atoms with Crippen molar-refractivity contribution >= 4 is 28.7 Å². The van der Waals surface area contributed by atoms with Crippen molar-refractivity contribution in [2.24, 2.45) is 0 Å². The highest BCUT2D eigenvalue weighted by Gasteiger charge is 2.21. The van der Waals surface area contributed by atoms with E-state index < -0.39 is 38.5 Å². The fourth-order valence-corrected chi connectivity index (χ4v) is 2.06. The number of rotatable bonds is 6. The average molecular weight is 346 g/mol. The molecule has 0 unspecified atom stereocenters. The number of carbonyl (C=O) groups is 1. The number of anilines is 1. The third-order valence-electron chi connectivity index (χ3n) is 3.17. The summed E-state index contributed by atoms with van der Waals surface area (Å²) in [6.45, 7) is 0. The molecule has 11 heteroatoms. The van der Waals surface area contributed by atoms with Crippen LogP contribution >= 0.6 is 0 Å². The first kappa shape index (κ1) is 17.5. The summed E-state index contributed by atoms with van der Waals surface area (Å²) in [7, 11) is 0. The molecule has 0 aromatic heterocycles. The number of nitro benzene ring substituents is 3. The SMILES string of the molecule is O=C(Cc1ccc([N+](=O)[O-])cc1[N+](=O)[O-])Nc1cccc([N+](=O)[O-])c1. The summed E-state index contributed by atoms with van der Waals surface area (Å²) in [4.78, 5) is 42.2. The molecule has 0 saturated heterocycles. The third kappa shape index (κ3) is 4.31. The highest BCUT2D eigenvalue weighted by atomic mass is 16.6. The van der Waals surface area contributed by atoms with E-state index in [1.54, 1.807) is 0 Å². The molecule has 2 rings (SSSR count). The van der Waals surface area contributed by atoms with Crippen LogP contribution in [0.5, 0.6) is 0 Å².